The van der Waals surface area contributed by atoms with Gasteiger partial charge < -0.3 is 25.5 Å². The van der Waals surface area contributed by atoms with Crippen molar-refractivity contribution in [3.05, 3.63) is 30.3 Å². The average molecular weight is 368 g/mol. The predicted octanol–water partition coefficient (Wildman–Crippen LogP) is 0.759. The van der Waals surface area contributed by atoms with Crippen molar-refractivity contribution in [3.8, 4) is 17.0 Å². The van der Waals surface area contributed by atoms with Crippen molar-refractivity contribution >= 4 is 17.4 Å². The van der Waals surface area contributed by atoms with Gasteiger partial charge in [-0.3, -0.25) is 4.79 Å². The van der Waals surface area contributed by atoms with E-state index in [1.54, 1.807) is 12.1 Å². The first kappa shape index (κ1) is 17.5. The van der Waals surface area contributed by atoms with Gasteiger partial charge in [0.15, 0.2) is 5.82 Å². The van der Waals surface area contributed by atoms with Gasteiger partial charge in [-0.05, 0) is 18.2 Å². The molecule has 0 aliphatic carbocycles. The molecular weight excluding hydrogens is 344 g/mol. The normalized spacial score (nSPS) is 17.5. The molecule has 2 fully saturated rings. The second-order valence-corrected chi connectivity index (χ2v) is 6.90. The second kappa shape index (κ2) is 7.40. The third-order valence-corrected chi connectivity index (χ3v) is 5.25. The van der Waals surface area contributed by atoms with Crippen LogP contribution in [0.3, 0.4) is 0 Å². The zero-order chi connectivity index (χ0) is 18.8. The summed E-state index contributed by atoms with van der Waals surface area (Å²) in [6.07, 6.45) is 0. The average Bonchev–Trinajstić information content (AvgIpc) is 2.66. The summed E-state index contributed by atoms with van der Waals surface area (Å²) in [5, 5.41) is 24.9. The van der Waals surface area contributed by atoms with Crippen LogP contribution in [0.15, 0.2) is 30.3 Å². The molecule has 2 aliphatic rings. The maximum Gasteiger partial charge on any atom is 0.228 e. The minimum absolute atomic E-state index is 0.139. The number of anilines is 2. The topological polar surface area (TPSA) is 93.6 Å². The number of piperazine rings is 1. The SMILES string of the molecule is CNc1nnc(-c2ccccc2O)cc1N1CCN(C(=O)C2CNC2)CC1. The fourth-order valence-electron chi connectivity index (χ4n) is 3.51. The lowest BCUT2D eigenvalue weighted by Crippen LogP contribution is -2.56. The summed E-state index contributed by atoms with van der Waals surface area (Å²) >= 11 is 0. The van der Waals surface area contributed by atoms with E-state index in [0.717, 1.165) is 31.9 Å². The highest BCUT2D eigenvalue weighted by Gasteiger charge is 2.31. The summed E-state index contributed by atoms with van der Waals surface area (Å²) in [7, 11) is 1.82. The number of benzene rings is 1. The summed E-state index contributed by atoms with van der Waals surface area (Å²) in [5.74, 6) is 1.27. The van der Waals surface area contributed by atoms with E-state index in [9.17, 15) is 9.90 Å². The number of nitrogens with zero attached hydrogens (tertiary/aromatic N) is 4. The number of amides is 1. The Labute approximate surface area is 158 Å². The molecule has 0 saturated carbocycles. The van der Waals surface area contributed by atoms with E-state index in [2.05, 4.69) is 25.7 Å². The first-order chi connectivity index (χ1) is 13.2. The Morgan fingerprint density at radius 2 is 1.93 bits per heavy atom. The molecule has 27 heavy (non-hydrogen) atoms. The number of para-hydroxylation sites is 1. The van der Waals surface area contributed by atoms with Gasteiger partial charge in [0.2, 0.25) is 5.91 Å². The highest BCUT2D eigenvalue weighted by Crippen LogP contribution is 2.32. The minimum atomic E-state index is 0.139. The Kier molecular flexibility index (Phi) is 4.81. The molecule has 0 atom stereocenters. The number of phenols is 1. The van der Waals surface area contributed by atoms with Gasteiger partial charge >= 0.3 is 0 Å². The Morgan fingerprint density at radius 3 is 2.56 bits per heavy atom. The van der Waals surface area contributed by atoms with Crippen LogP contribution in [0.2, 0.25) is 0 Å². The maximum absolute atomic E-state index is 12.4. The molecule has 2 saturated heterocycles. The van der Waals surface area contributed by atoms with Crippen LogP contribution in [0.5, 0.6) is 5.75 Å². The zero-order valence-electron chi connectivity index (χ0n) is 15.4. The molecule has 142 valence electrons. The number of aromatic nitrogens is 2. The van der Waals surface area contributed by atoms with Crippen molar-refractivity contribution in [2.45, 2.75) is 0 Å². The number of nitrogens with one attached hydrogen (secondary N) is 2. The number of aromatic hydroxyl groups is 1. The monoisotopic (exact) mass is 368 g/mol. The second-order valence-electron chi connectivity index (χ2n) is 6.90. The van der Waals surface area contributed by atoms with Crippen molar-refractivity contribution in [3.63, 3.8) is 0 Å². The minimum Gasteiger partial charge on any atom is -0.507 e. The van der Waals surface area contributed by atoms with Crippen LogP contribution in [0.4, 0.5) is 11.5 Å². The molecule has 0 radical (unpaired) electrons. The Bertz CT molecular complexity index is 831. The Balaban J connectivity index is 1.53. The summed E-state index contributed by atoms with van der Waals surface area (Å²) in [6, 6.07) is 9.06. The number of phenolic OH excluding ortho intramolecular Hbond substituents is 1. The van der Waals surface area contributed by atoms with Gasteiger partial charge in [0.1, 0.15) is 5.75 Å². The van der Waals surface area contributed by atoms with Crippen molar-refractivity contribution < 1.29 is 9.90 Å². The fraction of sp³-hybridized carbons (Fsp3) is 0.421. The molecule has 0 spiro atoms. The molecule has 8 heteroatoms. The molecule has 3 heterocycles. The molecule has 1 aromatic heterocycles. The molecule has 8 nitrogen and oxygen atoms in total. The molecule has 3 N–H and O–H groups in total. The van der Waals surface area contributed by atoms with Crippen molar-refractivity contribution in [2.75, 3.05) is 56.5 Å². The number of carbonyl (C=O) groups is 1. The van der Waals surface area contributed by atoms with Gasteiger partial charge in [-0.25, -0.2) is 0 Å². The first-order valence-electron chi connectivity index (χ1n) is 9.25. The van der Waals surface area contributed by atoms with E-state index in [1.165, 1.54) is 0 Å². The van der Waals surface area contributed by atoms with Gasteiger partial charge in [-0.2, -0.15) is 0 Å². The van der Waals surface area contributed by atoms with Gasteiger partial charge in [0, 0.05) is 51.9 Å². The van der Waals surface area contributed by atoms with Crippen LogP contribution in [0, 0.1) is 5.92 Å². The lowest BCUT2D eigenvalue weighted by molar-refractivity contribution is -0.137. The smallest absolute Gasteiger partial charge is 0.228 e. The van der Waals surface area contributed by atoms with Crippen LogP contribution < -0.4 is 15.5 Å². The summed E-state index contributed by atoms with van der Waals surface area (Å²) < 4.78 is 0. The van der Waals surface area contributed by atoms with Crippen LogP contribution in [0.25, 0.3) is 11.3 Å². The van der Waals surface area contributed by atoms with Gasteiger partial charge in [-0.1, -0.05) is 12.1 Å². The van der Waals surface area contributed by atoms with Gasteiger partial charge in [0.25, 0.3) is 0 Å². The standard InChI is InChI=1S/C19H24N6O2/c1-20-18-16(10-15(22-23-18)14-4-2-3-5-17(14)26)24-6-8-25(9-7-24)19(27)13-11-21-12-13/h2-5,10,13,21,26H,6-9,11-12H2,1H3,(H,20,23). The fourth-order valence-corrected chi connectivity index (χ4v) is 3.51. The molecule has 4 rings (SSSR count). The van der Waals surface area contributed by atoms with E-state index in [0.29, 0.717) is 30.2 Å². The van der Waals surface area contributed by atoms with Crippen LogP contribution in [-0.4, -0.2) is 72.4 Å². The lowest BCUT2D eigenvalue weighted by Gasteiger charge is -2.39. The third-order valence-electron chi connectivity index (χ3n) is 5.25. The largest absolute Gasteiger partial charge is 0.507 e. The third kappa shape index (κ3) is 3.40. The highest BCUT2D eigenvalue weighted by atomic mass is 16.3. The van der Waals surface area contributed by atoms with E-state index < -0.39 is 0 Å². The number of rotatable bonds is 4. The summed E-state index contributed by atoms with van der Waals surface area (Å²) in [4.78, 5) is 16.6. The highest BCUT2D eigenvalue weighted by molar-refractivity contribution is 5.81. The van der Waals surface area contributed by atoms with Crippen LogP contribution in [0.1, 0.15) is 0 Å². The Hall–Kier alpha value is -2.87. The van der Waals surface area contributed by atoms with Crippen LogP contribution in [-0.2, 0) is 4.79 Å². The molecule has 2 aliphatic heterocycles. The van der Waals surface area contributed by atoms with E-state index >= 15 is 0 Å². The van der Waals surface area contributed by atoms with E-state index in [-0.39, 0.29) is 17.6 Å². The molecule has 0 unspecified atom stereocenters. The predicted molar refractivity (Wildman–Crippen MR) is 104 cm³/mol. The van der Waals surface area contributed by atoms with Crippen molar-refractivity contribution in [2.24, 2.45) is 5.92 Å². The van der Waals surface area contributed by atoms with E-state index in [4.69, 9.17) is 0 Å². The van der Waals surface area contributed by atoms with Gasteiger partial charge in [0.05, 0.1) is 17.3 Å². The van der Waals surface area contributed by atoms with E-state index in [1.807, 2.05) is 30.1 Å². The zero-order valence-corrected chi connectivity index (χ0v) is 15.4. The molecular formula is C19H24N6O2. The molecule has 1 aromatic carbocycles. The van der Waals surface area contributed by atoms with Crippen molar-refractivity contribution in [1.82, 2.24) is 20.4 Å². The molecule has 0 bridgehead atoms. The number of hydrogen-bond donors (Lipinski definition) is 3. The summed E-state index contributed by atoms with van der Waals surface area (Å²) in [5.41, 5.74) is 2.21. The first-order valence-corrected chi connectivity index (χ1v) is 9.25. The molecule has 1 amide bonds. The lowest BCUT2D eigenvalue weighted by atomic mass is 10.0. The maximum atomic E-state index is 12.4. The Morgan fingerprint density at radius 1 is 1.19 bits per heavy atom. The van der Waals surface area contributed by atoms with Gasteiger partial charge in [-0.15, -0.1) is 10.2 Å². The number of hydrogen-bond acceptors (Lipinski definition) is 7. The van der Waals surface area contributed by atoms with Crippen LogP contribution >= 0.6 is 0 Å². The summed E-state index contributed by atoms with van der Waals surface area (Å²) in [6.45, 7) is 4.47. The van der Waals surface area contributed by atoms with Crippen molar-refractivity contribution in [1.29, 1.82) is 0 Å². The number of carbonyl (C=O) groups excluding carboxylic acids is 1. The quantitative estimate of drug-likeness (QED) is 0.733. The molecule has 2 aromatic rings.